The molecular weight excluding hydrogens is 284 g/mol. The molecule has 1 aliphatic carbocycles. The highest BCUT2D eigenvalue weighted by Gasteiger charge is 2.24. The molecule has 1 unspecified atom stereocenters. The van der Waals surface area contributed by atoms with Crippen molar-refractivity contribution in [2.45, 2.75) is 31.8 Å². The fraction of sp³-hybridized carbons (Fsp3) is 0.412. The van der Waals surface area contributed by atoms with E-state index >= 15 is 0 Å². The number of aliphatic hydroxyl groups is 1. The summed E-state index contributed by atoms with van der Waals surface area (Å²) in [6, 6.07) is 7.73. The Kier molecular flexibility index (Phi) is 4.17. The molecule has 1 heterocycles. The molecule has 0 saturated heterocycles. The van der Waals surface area contributed by atoms with E-state index in [0.717, 1.165) is 17.7 Å². The van der Waals surface area contributed by atoms with Crippen molar-refractivity contribution in [2.75, 3.05) is 14.2 Å². The lowest BCUT2D eigenvalue weighted by Gasteiger charge is -2.17. The summed E-state index contributed by atoms with van der Waals surface area (Å²) in [5.74, 6) is 1.32. The molecule has 21 heavy (non-hydrogen) atoms. The van der Waals surface area contributed by atoms with Crippen LogP contribution in [-0.2, 0) is 12.8 Å². The first-order valence-electron chi connectivity index (χ1n) is 7.25. The lowest BCUT2D eigenvalue weighted by Crippen LogP contribution is -2.03. The van der Waals surface area contributed by atoms with Crippen LogP contribution in [0.5, 0.6) is 11.5 Å². The molecule has 0 spiro atoms. The summed E-state index contributed by atoms with van der Waals surface area (Å²) >= 11 is 1.72. The third-order valence-corrected chi connectivity index (χ3v) is 5.31. The van der Waals surface area contributed by atoms with Gasteiger partial charge in [0.25, 0.3) is 0 Å². The molecule has 3 rings (SSSR count). The summed E-state index contributed by atoms with van der Waals surface area (Å²) in [5.41, 5.74) is 2.11. The van der Waals surface area contributed by atoms with E-state index in [9.17, 15) is 5.11 Å². The molecule has 112 valence electrons. The molecule has 1 aromatic heterocycles. The van der Waals surface area contributed by atoms with Gasteiger partial charge in [-0.2, -0.15) is 0 Å². The van der Waals surface area contributed by atoms with Crippen LogP contribution in [0.4, 0.5) is 0 Å². The van der Waals surface area contributed by atoms with Crippen LogP contribution in [0.25, 0.3) is 0 Å². The Bertz CT molecular complexity index is 587. The molecule has 1 aromatic carbocycles. The fourth-order valence-electron chi connectivity index (χ4n) is 2.94. The minimum atomic E-state index is -0.702. The number of benzene rings is 1. The van der Waals surface area contributed by atoms with Crippen molar-refractivity contribution in [3.8, 4) is 11.5 Å². The van der Waals surface area contributed by atoms with Gasteiger partial charge >= 0.3 is 0 Å². The standard InChI is InChI=1S/C17H20O3S/c1-19-12-7-5-8-13(20-2)16(12)17(18)15-10-11-6-3-4-9-14(11)21-15/h5,7-8,10,17-18H,3-4,6,9H2,1-2H3. The maximum absolute atomic E-state index is 10.8. The molecule has 2 aromatic rings. The van der Waals surface area contributed by atoms with Gasteiger partial charge in [-0.3, -0.25) is 0 Å². The summed E-state index contributed by atoms with van der Waals surface area (Å²) in [4.78, 5) is 2.40. The number of rotatable bonds is 4. The van der Waals surface area contributed by atoms with Crippen LogP contribution in [-0.4, -0.2) is 19.3 Å². The average Bonchev–Trinajstić information content (AvgIpc) is 2.97. The Morgan fingerprint density at radius 3 is 2.38 bits per heavy atom. The van der Waals surface area contributed by atoms with Crippen molar-refractivity contribution >= 4 is 11.3 Å². The quantitative estimate of drug-likeness (QED) is 0.935. The van der Waals surface area contributed by atoms with Crippen molar-refractivity contribution in [3.05, 3.63) is 45.1 Å². The van der Waals surface area contributed by atoms with E-state index in [1.807, 2.05) is 18.2 Å². The van der Waals surface area contributed by atoms with Crippen LogP contribution in [0.2, 0.25) is 0 Å². The molecular formula is C17H20O3S. The monoisotopic (exact) mass is 304 g/mol. The van der Waals surface area contributed by atoms with E-state index in [4.69, 9.17) is 9.47 Å². The number of hydrogen-bond donors (Lipinski definition) is 1. The van der Waals surface area contributed by atoms with E-state index in [-0.39, 0.29) is 0 Å². The van der Waals surface area contributed by atoms with Gasteiger partial charge in [0.1, 0.15) is 17.6 Å². The van der Waals surface area contributed by atoms with Crippen molar-refractivity contribution in [1.82, 2.24) is 0 Å². The number of thiophene rings is 1. The zero-order chi connectivity index (χ0) is 14.8. The largest absolute Gasteiger partial charge is 0.496 e. The number of fused-ring (bicyclic) bond motifs is 1. The van der Waals surface area contributed by atoms with E-state index in [1.54, 1.807) is 25.6 Å². The van der Waals surface area contributed by atoms with Crippen molar-refractivity contribution in [3.63, 3.8) is 0 Å². The van der Waals surface area contributed by atoms with E-state index in [0.29, 0.717) is 17.1 Å². The van der Waals surface area contributed by atoms with Gasteiger partial charge in [-0.1, -0.05) is 6.07 Å². The lowest BCUT2D eigenvalue weighted by molar-refractivity contribution is 0.212. The maximum Gasteiger partial charge on any atom is 0.128 e. The molecule has 4 heteroatoms. The van der Waals surface area contributed by atoms with Crippen molar-refractivity contribution in [1.29, 1.82) is 0 Å². The minimum Gasteiger partial charge on any atom is -0.496 e. The van der Waals surface area contributed by atoms with Crippen LogP contribution < -0.4 is 9.47 Å². The number of aryl methyl sites for hydroxylation is 2. The second-order valence-corrected chi connectivity index (χ2v) is 6.45. The predicted octanol–water partition coefficient (Wildman–Crippen LogP) is 3.73. The molecule has 1 atom stereocenters. The van der Waals surface area contributed by atoms with Gasteiger partial charge in [-0.15, -0.1) is 11.3 Å². The first-order chi connectivity index (χ1) is 10.2. The van der Waals surface area contributed by atoms with Gasteiger partial charge in [0.2, 0.25) is 0 Å². The highest BCUT2D eigenvalue weighted by atomic mass is 32.1. The maximum atomic E-state index is 10.8. The fourth-order valence-corrected chi connectivity index (χ4v) is 4.19. The Morgan fingerprint density at radius 1 is 1.10 bits per heavy atom. The smallest absolute Gasteiger partial charge is 0.128 e. The summed E-state index contributed by atoms with van der Waals surface area (Å²) in [7, 11) is 3.23. The highest BCUT2D eigenvalue weighted by molar-refractivity contribution is 7.12. The molecule has 0 amide bonds. The van der Waals surface area contributed by atoms with E-state index < -0.39 is 6.10 Å². The molecule has 0 radical (unpaired) electrons. The molecule has 0 bridgehead atoms. The number of aliphatic hydroxyl groups excluding tert-OH is 1. The zero-order valence-corrected chi connectivity index (χ0v) is 13.2. The average molecular weight is 304 g/mol. The number of methoxy groups -OCH3 is 2. The molecule has 3 nitrogen and oxygen atoms in total. The van der Waals surface area contributed by atoms with Gasteiger partial charge in [0.05, 0.1) is 19.8 Å². The van der Waals surface area contributed by atoms with Crippen LogP contribution in [0.1, 0.15) is 39.8 Å². The van der Waals surface area contributed by atoms with Gasteiger partial charge in [0, 0.05) is 9.75 Å². The zero-order valence-electron chi connectivity index (χ0n) is 12.4. The first-order valence-corrected chi connectivity index (χ1v) is 8.06. The van der Waals surface area contributed by atoms with Gasteiger partial charge in [-0.25, -0.2) is 0 Å². The number of hydrogen-bond acceptors (Lipinski definition) is 4. The predicted molar refractivity (Wildman–Crippen MR) is 84.6 cm³/mol. The molecule has 1 N–H and O–H groups in total. The highest BCUT2D eigenvalue weighted by Crippen LogP contribution is 2.41. The summed E-state index contributed by atoms with van der Waals surface area (Å²) < 4.78 is 10.8. The topological polar surface area (TPSA) is 38.7 Å². The van der Waals surface area contributed by atoms with Gasteiger partial charge in [-0.05, 0) is 49.4 Å². The van der Waals surface area contributed by atoms with Crippen LogP contribution >= 0.6 is 11.3 Å². The third-order valence-electron chi connectivity index (χ3n) is 4.02. The van der Waals surface area contributed by atoms with Gasteiger partial charge in [0.15, 0.2) is 0 Å². The first kappa shape index (κ1) is 14.4. The van der Waals surface area contributed by atoms with Crippen molar-refractivity contribution < 1.29 is 14.6 Å². The van der Waals surface area contributed by atoms with Crippen LogP contribution in [0.3, 0.4) is 0 Å². The number of ether oxygens (including phenoxy) is 2. The summed E-state index contributed by atoms with van der Waals surface area (Å²) in [6.07, 6.45) is 4.06. The molecule has 0 saturated carbocycles. The minimum absolute atomic E-state index is 0.660. The van der Waals surface area contributed by atoms with E-state index in [2.05, 4.69) is 6.07 Å². The van der Waals surface area contributed by atoms with Gasteiger partial charge < -0.3 is 14.6 Å². The normalized spacial score (nSPS) is 15.4. The summed E-state index contributed by atoms with van der Waals surface area (Å²) in [5, 5.41) is 10.8. The second-order valence-electron chi connectivity index (χ2n) is 5.28. The Balaban J connectivity index is 2.01. The van der Waals surface area contributed by atoms with Crippen molar-refractivity contribution in [2.24, 2.45) is 0 Å². The van der Waals surface area contributed by atoms with Crippen LogP contribution in [0, 0.1) is 0 Å². The third kappa shape index (κ3) is 2.65. The second kappa shape index (κ2) is 6.08. The summed E-state index contributed by atoms with van der Waals surface area (Å²) in [6.45, 7) is 0. The molecule has 0 aliphatic heterocycles. The Hall–Kier alpha value is -1.52. The Morgan fingerprint density at radius 2 is 1.76 bits per heavy atom. The molecule has 0 fully saturated rings. The molecule has 1 aliphatic rings. The Labute approximate surface area is 129 Å². The van der Waals surface area contributed by atoms with Crippen LogP contribution in [0.15, 0.2) is 24.3 Å². The lowest BCUT2D eigenvalue weighted by atomic mass is 9.98. The SMILES string of the molecule is COc1cccc(OC)c1C(O)c1cc2c(s1)CCCC2. The van der Waals surface area contributed by atoms with E-state index in [1.165, 1.54) is 23.3 Å².